The number of nitrogens with zero attached hydrogens (tertiary/aromatic N) is 4. The first kappa shape index (κ1) is 17.5. The minimum Gasteiger partial charge on any atom is -0.493 e. The van der Waals surface area contributed by atoms with Crippen molar-refractivity contribution < 1.29 is 9.47 Å². The highest BCUT2D eigenvalue weighted by molar-refractivity contribution is 7.71. The molecule has 0 atom stereocenters. The van der Waals surface area contributed by atoms with Crippen molar-refractivity contribution >= 4 is 12.2 Å². The van der Waals surface area contributed by atoms with Crippen LogP contribution in [0.2, 0.25) is 0 Å². The van der Waals surface area contributed by atoms with E-state index in [1.54, 1.807) is 14.2 Å². The van der Waals surface area contributed by atoms with Gasteiger partial charge in [0.05, 0.1) is 20.9 Å². The second kappa shape index (κ2) is 7.04. The molecule has 26 heavy (non-hydrogen) atoms. The average molecular weight is 375 g/mol. The van der Waals surface area contributed by atoms with Crippen LogP contribution in [0.1, 0.15) is 42.6 Å². The molecular formula is C19H26N4O2S. The molecule has 0 radical (unpaired) electrons. The molecule has 2 heterocycles. The van der Waals surface area contributed by atoms with E-state index in [9.17, 15) is 0 Å². The Kier molecular flexibility index (Phi) is 4.75. The van der Waals surface area contributed by atoms with Gasteiger partial charge in [0.15, 0.2) is 16.3 Å². The second-order valence-corrected chi connectivity index (χ2v) is 7.44. The molecule has 4 rings (SSSR count). The maximum atomic E-state index is 5.68. The first-order chi connectivity index (χ1) is 12.6. The minimum absolute atomic E-state index is 0.608. The van der Waals surface area contributed by atoms with Gasteiger partial charge in [-0.2, -0.15) is 5.10 Å². The van der Waals surface area contributed by atoms with Crippen LogP contribution in [0.4, 0.5) is 0 Å². The molecule has 1 aliphatic heterocycles. The highest BCUT2D eigenvalue weighted by Crippen LogP contribution is 2.39. The molecule has 1 saturated carbocycles. The van der Waals surface area contributed by atoms with Crippen LogP contribution in [0.15, 0.2) is 12.1 Å². The van der Waals surface area contributed by atoms with Crippen LogP contribution in [0.25, 0.3) is 0 Å². The van der Waals surface area contributed by atoms with E-state index >= 15 is 0 Å². The van der Waals surface area contributed by atoms with Crippen molar-refractivity contribution in [2.45, 2.75) is 51.9 Å². The first-order valence-corrected chi connectivity index (χ1v) is 9.69. The quantitative estimate of drug-likeness (QED) is 0.726. The van der Waals surface area contributed by atoms with E-state index in [1.165, 1.54) is 29.8 Å². The van der Waals surface area contributed by atoms with E-state index in [1.807, 2.05) is 4.68 Å². The minimum atomic E-state index is 0.608. The van der Waals surface area contributed by atoms with Gasteiger partial charge in [-0.05, 0) is 61.7 Å². The summed E-state index contributed by atoms with van der Waals surface area (Å²) in [4.78, 5) is 2.40. The molecule has 0 N–H and O–H groups in total. The molecule has 1 aromatic carbocycles. The molecule has 2 aliphatic rings. The number of benzene rings is 1. The maximum absolute atomic E-state index is 5.68. The van der Waals surface area contributed by atoms with Crippen molar-refractivity contribution in [3.8, 4) is 11.5 Å². The zero-order valence-corrected chi connectivity index (χ0v) is 16.5. The molecular weight excluding hydrogens is 348 g/mol. The summed E-state index contributed by atoms with van der Waals surface area (Å²) < 4.78 is 15.9. The molecule has 0 amide bonds. The zero-order valence-electron chi connectivity index (χ0n) is 15.7. The number of hydrogen-bond donors (Lipinski definition) is 0. The molecule has 1 aromatic heterocycles. The zero-order chi connectivity index (χ0) is 18.3. The van der Waals surface area contributed by atoms with E-state index in [4.69, 9.17) is 26.8 Å². The molecule has 0 spiro atoms. The standard InChI is InChI=1S/C19H26N4O2S/c1-4-22-18(13-5-6-13)20-23(19(22)26)12-21-8-7-14-9-16(24-2)17(25-3)10-15(14)11-21/h9-10,13H,4-8,11-12H2,1-3H3. The summed E-state index contributed by atoms with van der Waals surface area (Å²) >= 11 is 5.68. The molecule has 0 saturated heterocycles. The second-order valence-electron chi connectivity index (χ2n) is 7.08. The highest BCUT2D eigenvalue weighted by atomic mass is 32.1. The molecule has 0 bridgehead atoms. The van der Waals surface area contributed by atoms with Gasteiger partial charge >= 0.3 is 0 Å². The van der Waals surface area contributed by atoms with Crippen LogP contribution in [0.3, 0.4) is 0 Å². The van der Waals surface area contributed by atoms with Crippen molar-refractivity contribution in [1.29, 1.82) is 0 Å². The summed E-state index contributed by atoms with van der Waals surface area (Å²) in [5.74, 6) is 3.37. The van der Waals surface area contributed by atoms with Gasteiger partial charge in [0, 0.05) is 25.6 Å². The van der Waals surface area contributed by atoms with Gasteiger partial charge in [0.1, 0.15) is 5.82 Å². The van der Waals surface area contributed by atoms with Gasteiger partial charge in [-0.1, -0.05) is 0 Å². The van der Waals surface area contributed by atoms with E-state index < -0.39 is 0 Å². The van der Waals surface area contributed by atoms with Crippen LogP contribution in [-0.2, 0) is 26.2 Å². The summed E-state index contributed by atoms with van der Waals surface area (Å²) in [6.45, 7) is 5.63. The fraction of sp³-hybridized carbons (Fsp3) is 0.579. The Morgan fingerprint density at radius 2 is 1.85 bits per heavy atom. The van der Waals surface area contributed by atoms with E-state index in [0.29, 0.717) is 5.92 Å². The van der Waals surface area contributed by atoms with E-state index in [0.717, 1.165) is 49.0 Å². The predicted molar refractivity (Wildman–Crippen MR) is 102 cm³/mol. The summed E-state index contributed by atoms with van der Waals surface area (Å²) in [6.07, 6.45) is 3.47. The van der Waals surface area contributed by atoms with E-state index in [2.05, 4.69) is 28.5 Å². The number of ether oxygens (including phenoxy) is 2. The summed E-state index contributed by atoms with van der Waals surface area (Å²) in [5.41, 5.74) is 2.62. The fourth-order valence-electron chi connectivity index (χ4n) is 3.74. The number of aromatic nitrogens is 3. The van der Waals surface area contributed by atoms with Crippen LogP contribution < -0.4 is 9.47 Å². The predicted octanol–water partition coefficient (Wildman–Crippen LogP) is 3.34. The Morgan fingerprint density at radius 3 is 2.46 bits per heavy atom. The topological polar surface area (TPSA) is 44.5 Å². The van der Waals surface area contributed by atoms with Gasteiger partial charge in [-0.25, -0.2) is 4.68 Å². The van der Waals surface area contributed by atoms with Gasteiger partial charge in [-0.15, -0.1) is 0 Å². The Labute approximate surface area is 159 Å². The molecule has 1 fully saturated rings. The smallest absolute Gasteiger partial charge is 0.199 e. The highest BCUT2D eigenvalue weighted by Gasteiger charge is 2.30. The molecule has 1 aliphatic carbocycles. The Hall–Kier alpha value is -1.86. The summed E-state index contributed by atoms with van der Waals surface area (Å²) in [5, 5.41) is 4.84. The van der Waals surface area contributed by atoms with Gasteiger partial charge in [-0.3, -0.25) is 4.90 Å². The Morgan fingerprint density at radius 1 is 1.15 bits per heavy atom. The number of methoxy groups -OCH3 is 2. The lowest BCUT2D eigenvalue weighted by Crippen LogP contribution is -2.33. The summed E-state index contributed by atoms with van der Waals surface area (Å²) in [6, 6.07) is 4.20. The maximum Gasteiger partial charge on any atom is 0.199 e. The van der Waals surface area contributed by atoms with Crippen LogP contribution >= 0.6 is 12.2 Å². The Bertz CT molecular complexity index is 869. The average Bonchev–Trinajstić information content (AvgIpc) is 3.46. The third-order valence-electron chi connectivity index (χ3n) is 5.34. The SMILES string of the molecule is CCn1c(C2CC2)nn(CN2CCc3cc(OC)c(OC)cc3C2)c1=S. The van der Waals surface area contributed by atoms with E-state index in [-0.39, 0.29) is 0 Å². The lowest BCUT2D eigenvalue weighted by molar-refractivity contribution is 0.187. The molecule has 7 heteroatoms. The molecule has 140 valence electrons. The third-order valence-corrected chi connectivity index (χ3v) is 5.77. The van der Waals surface area contributed by atoms with Crippen LogP contribution in [0, 0.1) is 4.77 Å². The van der Waals surface area contributed by atoms with Gasteiger partial charge < -0.3 is 14.0 Å². The molecule has 6 nitrogen and oxygen atoms in total. The van der Waals surface area contributed by atoms with Crippen LogP contribution in [0.5, 0.6) is 11.5 Å². The first-order valence-electron chi connectivity index (χ1n) is 9.28. The van der Waals surface area contributed by atoms with Crippen molar-refractivity contribution in [1.82, 2.24) is 19.2 Å². The van der Waals surface area contributed by atoms with Crippen molar-refractivity contribution in [2.24, 2.45) is 0 Å². The third kappa shape index (κ3) is 3.14. The molecule has 2 aromatic rings. The fourth-order valence-corrected chi connectivity index (χ4v) is 4.06. The monoisotopic (exact) mass is 374 g/mol. The number of rotatable bonds is 6. The van der Waals surface area contributed by atoms with Crippen molar-refractivity contribution in [2.75, 3.05) is 20.8 Å². The lowest BCUT2D eigenvalue weighted by atomic mass is 9.99. The summed E-state index contributed by atoms with van der Waals surface area (Å²) in [7, 11) is 3.36. The van der Waals surface area contributed by atoms with Crippen molar-refractivity contribution in [3.05, 3.63) is 33.9 Å². The normalized spacial score (nSPS) is 17.2. The Balaban J connectivity index is 1.55. The largest absolute Gasteiger partial charge is 0.493 e. The number of fused-ring (bicyclic) bond motifs is 1. The van der Waals surface area contributed by atoms with Crippen molar-refractivity contribution in [3.63, 3.8) is 0 Å². The molecule has 0 unspecified atom stereocenters. The van der Waals surface area contributed by atoms with Crippen LogP contribution in [-0.4, -0.2) is 40.0 Å². The van der Waals surface area contributed by atoms with Gasteiger partial charge in [0.25, 0.3) is 0 Å². The lowest BCUT2D eigenvalue weighted by Gasteiger charge is -2.29. The van der Waals surface area contributed by atoms with Gasteiger partial charge in [0.2, 0.25) is 0 Å². The number of hydrogen-bond acceptors (Lipinski definition) is 5.